The first-order valence-electron chi connectivity index (χ1n) is 28.4. The fourth-order valence-corrected chi connectivity index (χ4v) is 12.0. The van der Waals surface area contributed by atoms with Gasteiger partial charge in [0.05, 0.1) is 47.0 Å². The van der Waals surface area contributed by atoms with E-state index in [-0.39, 0.29) is 17.7 Å². The van der Waals surface area contributed by atoms with Gasteiger partial charge in [-0.15, -0.1) is 0 Å². The van der Waals surface area contributed by atoms with Crippen LogP contribution in [0.5, 0.6) is 0 Å². The summed E-state index contributed by atoms with van der Waals surface area (Å²) in [5.74, 6) is -1.45. The highest BCUT2D eigenvalue weighted by molar-refractivity contribution is 14.1. The van der Waals surface area contributed by atoms with E-state index in [9.17, 15) is 23.2 Å². The van der Waals surface area contributed by atoms with E-state index in [0.29, 0.717) is 59.8 Å². The SMILES string of the molecule is Cc1cc(I)ccc1Nc1ccc(Br)cc1C(=O)NCCN(C(C)C)C(C)C.Cc1cc(I)ccc1Nc1ccc(F)cc1C(=O)NCCCN1CCCCC1.Cc1cc(I)ccc1Nc1ccc(F)cc1C(=O)NCCN1CCOCC1. The molecular formula is C64H79BrF2I3N9O4. The van der Waals surface area contributed by atoms with Crippen LogP contribution < -0.4 is 31.9 Å². The Balaban J connectivity index is 0.000000200. The summed E-state index contributed by atoms with van der Waals surface area (Å²) in [6.07, 6.45) is 4.76. The van der Waals surface area contributed by atoms with Gasteiger partial charge in [-0.25, -0.2) is 8.78 Å². The van der Waals surface area contributed by atoms with E-state index in [2.05, 4.69) is 189 Å². The zero-order chi connectivity index (χ0) is 60.0. The van der Waals surface area contributed by atoms with Gasteiger partial charge in [-0.1, -0.05) is 22.4 Å². The first kappa shape index (κ1) is 67.6. The van der Waals surface area contributed by atoms with Crippen LogP contribution >= 0.6 is 83.7 Å². The number of rotatable bonds is 21. The number of anilines is 6. The van der Waals surface area contributed by atoms with E-state index in [0.717, 1.165) is 117 Å². The molecule has 0 radical (unpaired) electrons. The number of nitrogens with zero attached hydrogens (tertiary/aromatic N) is 3. The van der Waals surface area contributed by atoms with Gasteiger partial charge in [0.1, 0.15) is 11.6 Å². The molecule has 6 N–H and O–H groups in total. The molecule has 0 bridgehead atoms. The number of nitrogens with one attached hydrogen (secondary N) is 6. The molecule has 0 aromatic heterocycles. The Morgan fingerprint density at radius 2 is 0.916 bits per heavy atom. The van der Waals surface area contributed by atoms with E-state index < -0.39 is 11.6 Å². The summed E-state index contributed by atoms with van der Waals surface area (Å²) in [5, 5.41) is 18.9. The van der Waals surface area contributed by atoms with Crippen molar-refractivity contribution in [3.05, 3.63) is 169 Å². The zero-order valence-electron chi connectivity index (χ0n) is 48.6. The van der Waals surface area contributed by atoms with Crippen molar-refractivity contribution in [2.75, 3.05) is 94.6 Å². The van der Waals surface area contributed by atoms with Crippen LogP contribution in [-0.2, 0) is 4.74 Å². The molecule has 2 aliphatic heterocycles. The van der Waals surface area contributed by atoms with Gasteiger partial charge in [0, 0.05) is 90.1 Å². The second kappa shape index (κ2) is 34.6. The van der Waals surface area contributed by atoms with Crippen molar-refractivity contribution in [3.63, 3.8) is 0 Å². The van der Waals surface area contributed by atoms with E-state index in [1.54, 1.807) is 12.1 Å². The summed E-state index contributed by atoms with van der Waals surface area (Å²) in [6.45, 7) is 24.6. The average molecular weight is 1540 g/mol. The average Bonchev–Trinajstić information content (AvgIpc) is 3.67. The lowest BCUT2D eigenvalue weighted by molar-refractivity contribution is 0.0383. The molecular weight excluding hydrogens is 1460 g/mol. The van der Waals surface area contributed by atoms with Crippen LogP contribution in [0.15, 0.2) is 114 Å². The lowest BCUT2D eigenvalue weighted by atomic mass is 10.1. The molecule has 0 aliphatic carbocycles. The van der Waals surface area contributed by atoms with E-state index >= 15 is 0 Å². The fourth-order valence-electron chi connectivity index (χ4n) is 9.71. The number of piperidine rings is 1. The molecule has 13 nitrogen and oxygen atoms in total. The van der Waals surface area contributed by atoms with Gasteiger partial charge in [0.2, 0.25) is 0 Å². The minimum Gasteiger partial charge on any atom is -0.379 e. The summed E-state index contributed by atoms with van der Waals surface area (Å²) < 4.78 is 37.2. The molecule has 2 saturated heterocycles. The Kier molecular flexibility index (Phi) is 28.2. The van der Waals surface area contributed by atoms with Gasteiger partial charge in [-0.05, 0) is 281 Å². The molecule has 2 fully saturated rings. The van der Waals surface area contributed by atoms with Crippen LogP contribution in [-0.4, -0.2) is 123 Å². The summed E-state index contributed by atoms with van der Waals surface area (Å²) in [7, 11) is 0. The van der Waals surface area contributed by atoms with Crippen molar-refractivity contribution in [2.24, 2.45) is 0 Å². The molecule has 6 aromatic rings. The van der Waals surface area contributed by atoms with E-state index in [4.69, 9.17) is 4.74 Å². The molecule has 19 heteroatoms. The quantitative estimate of drug-likeness (QED) is 0.0305. The largest absolute Gasteiger partial charge is 0.379 e. The minimum absolute atomic E-state index is 0.0700. The first-order chi connectivity index (χ1) is 39.7. The van der Waals surface area contributed by atoms with Crippen molar-refractivity contribution >= 4 is 136 Å². The number of amides is 3. The van der Waals surface area contributed by atoms with Crippen molar-refractivity contribution < 1.29 is 27.9 Å². The normalized spacial score (nSPS) is 13.6. The lowest BCUT2D eigenvalue weighted by Gasteiger charge is -2.30. The highest BCUT2D eigenvalue weighted by atomic mass is 127. The second-order valence-electron chi connectivity index (χ2n) is 21.2. The second-order valence-corrected chi connectivity index (χ2v) is 25.9. The predicted molar refractivity (Wildman–Crippen MR) is 365 cm³/mol. The number of aryl methyl sites for hydroxylation is 3. The van der Waals surface area contributed by atoms with Crippen molar-refractivity contribution in [1.29, 1.82) is 0 Å². The Hall–Kier alpha value is -4.50. The third-order valence-corrected chi connectivity index (χ3v) is 16.7. The molecule has 0 atom stereocenters. The smallest absolute Gasteiger partial charge is 0.253 e. The van der Waals surface area contributed by atoms with Gasteiger partial charge >= 0.3 is 0 Å². The number of carbonyl (C=O) groups excluding carboxylic acids is 3. The molecule has 0 unspecified atom stereocenters. The van der Waals surface area contributed by atoms with Gasteiger partial charge in [-0.2, -0.15) is 0 Å². The number of carbonyl (C=O) groups is 3. The molecule has 446 valence electrons. The van der Waals surface area contributed by atoms with Gasteiger partial charge in [-0.3, -0.25) is 24.2 Å². The Morgan fingerprint density at radius 3 is 1.36 bits per heavy atom. The summed E-state index contributed by atoms with van der Waals surface area (Å²) in [5.41, 5.74) is 9.34. The molecule has 3 amide bonds. The molecule has 0 saturated carbocycles. The van der Waals surface area contributed by atoms with Gasteiger partial charge < -0.3 is 41.5 Å². The number of hydrogen-bond donors (Lipinski definition) is 6. The third kappa shape index (κ3) is 22.4. The number of halogens is 6. The highest BCUT2D eigenvalue weighted by Gasteiger charge is 2.19. The van der Waals surface area contributed by atoms with Crippen LogP contribution in [0.2, 0.25) is 0 Å². The minimum atomic E-state index is -0.432. The topological polar surface area (TPSA) is 142 Å². The maximum Gasteiger partial charge on any atom is 0.253 e. The molecule has 2 aliphatic rings. The number of benzene rings is 6. The molecule has 0 spiro atoms. The standard InChI is InChI=1S/C22H29BrIN3O.C22H27FIN3O.C20H23FIN3O2/c1-14(2)27(15(3)4)11-10-25-22(28)19-13-17(23)6-8-21(19)26-20-9-7-18(24)12-16(20)5;1-16-14-18(24)7-9-20(16)26-21-8-6-17(23)15-19(21)22(28)25-10-5-13-27-11-3-2-4-12-27;1-14-12-16(22)3-5-18(14)24-19-4-2-15(21)13-17(19)20(26)23-6-7-25-8-10-27-11-9-25/h6-9,12-15,26H,10-11H2,1-5H3,(H,25,28);6-9,14-15,26H,2-5,10-13H2,1H3,(H,25,28);2-5,12-13,24H,6-11H2,1H3,(H,23,26). The molecule has 83 heavy (non-hydrogen) atoms. The monoisotopic (exact) mass is 1540 g/mol. The summed E-state index contributed by atoms with van der Waals surface area (Å²) >= 11 is 10.3. The van der Waals surface area contributed by atoms with Crippen molar-refractivity contribution in [3.8, 4) is 0 Å². The lowest BCUT2D eigenvalue weighted by Crippen LogP contribution is -2.42. The molecule has 2 heterocycles. The van der Waals surface area contributed by atoms with Crippen LogP contribution in [0.1, 0.15) is 101 Å². The zero-order valence-corrected chi connectivity index (χ0v) is 56.7. The first-order valence-corrected chi connectivity index (χ1v) is 32.4. The van der Waals surface area contributed by atoms with Crippen LogP contribution in [0.25, 0.3) is 0 Å². The van der Waals surface area contributed by atoms with Crippen LogP contribution in [0.3, 0.4) is 0 Å². The Bertz CT molecular complexity index is 3100. The predicted octanol–water partition coefficient (Wildman–Crippen LogP) is 14.6. The van der Waals surface area contributed by atoms with Gasteiger partial charge in [0.15, 0.2) is 0 Å². The van der Waals surface area contributed by atoms with E-state index in [1.807, 2.05) is 62.4 Å². The highest BCUT2D eigenvalue weighted by Crippen LogP contribution is 2.30. The number of ether oxygens (including phenoxy) is 1. The number of likely N-dealkylation sites (tertiary alicyclic amines) is 1. The maximum absolute atomic E-state index is 13.8. The summed E-state index contributed by atoms with van der Waals surface area (Å²) in [6, 6.07) is 33.4. The fraction of sp³-hybridized carbons (Fsp3) is 0.391. The third-order valence-electron chi connectivity index (χ3n) is 14.2. The number of hydrogen-bond acceptors (Lipinski definition) is 10. The van der Waals surface area contributed by atoms with E-state index in [1.165, 1.54) is 47.1 Å². The molecule has 6 aromatic carbocycles. The molecule has 8 rings (SSSR count). The number of morpholine rings is 1. The van der Waals surface area contributed by atoms with Crippen molar-refractivity contribution in [1.82, 2.24) is 30.7 Å². The van der Waals surface area contributed by atoms with Crippen molar-refractivity contribution in [2.45, 2.75) is 86.2 Å². The maximum atomic E-state index is 13.8. The Labute approximate surface area is 539 Å². The Morgan fingerprint density at radius 1 is 0.518 bits per heavy atom. The summed E-state index contributed by atoms with van der Waals surface area (Å²) in [4.78, 5) is 45.2. The van der Waals surface area contributed by atoms with Crippen LogP contribution in [0.4, 0.5) is 42.9 Å². The van der Waals surface area contributed by atoms with Crippen LogP contribution in [0, 0.1) is 43.1 Å². The van der Waals surface area contributed by atoms with Gasteiger partial charge in [0.25, 0.3) is 17.7 Å².